The number of hydrogen-bond acceptors (Lipinski definition) is 2. The van der Waals surface area contributed by atoms with Gasteiger partial charge in [0, 0.05) is 12.6 Å². The molecule has 0 bridgehead atoms. The topological polar surface area (TPSA) is 21.3 Å². The maximum absolute atomic E-state index is 6.14. The highest BCUT2D eigenvalue weighted by molar-refractivity contribution is 4.73. The molecule has 17 heavy (non-hydrogen) atoms. The summed E-state index contributed by atoms with van der Waals surface area (Å²) in [5.41, 5.74) is 0. The fourth-order valence-electron chi connectivity index (χ4n) is 2.79. The molecule has 1 aliphatic rings. The third kappa shape index (κ3) is 5.87. The van der Waals surface area contributed by atoms with Crippen molar-refractivity contribution in [1.82, 2.24) is 5.32 Å². The molecular formula is C15H31NO. The van der Waals surface area contributed by atoms with Crippen LogP contribution in [0.15, 0.2) is 0 Å². The maximum atomic E-state index is 6.14. The zero-order chi connectivity index (χ0) is 12.7. The summed E-state index contributed by atoms with van der Waals surface area (Å²) < 4.78 is 6.14. The molecule has 0 saturated heterocycles. The van der Waals surface area contributed by atoms with Crippen molar-refractivity contribution in [3.05, 3.63) is 0 Å². The van der Waals surface area contributed by atoms with Gasteiger partial charge in [0.15, 0.2) is 0 Å². The smallest absolute Gasteiger partial charge is 0.0675 e. The highest BCUT2D eigenvalue weighted by Crippen LogP contribution is 2.26. The van der Waals surface area contributed by atoms with Gasteiger partial charge in [-0.1, -0.05) is 33.6 Å². The van der Waals surface area contributed by atoms with E-state index in [9.17, 15) is 0 Å². The summed E-state index contributed by atoms with van der Waals surface area (Å²) in [5.74, 6) is 0.855. The Kier molecular flexibility index (Phi) is 7.14. The van der Waals surface area contributed by atoms with Crippen molar-refractivity contribution in [3.63, 3.8) is 0 Å². The minimum Gasteiger partial charge on any atom is -0.374 e. The predicted octanol–water partition coefficient (Wildman–Crippen LogP) is 3.75. The summed E-state index contributed by atoms with van der Waals surface area (Å²) in [6.07, 6.45) is 8.55. The summed E-state index contributed by atoms with van der Waals surface area (Å²) in [7, 11) is 0. The average Bonchev–Trinajstić information content (AvgIpc) is 2.30. The van der Waals surface area contributed by atoms with Crippen LogP contribution >= 0.6 is 0 Å². The van der Waals surface area contributed by atoms with Gasteiger partial charge in [-0.2, -0.15) is 0 Å². The summed E-state index contributed by atoms with van der Waals surface area (Å²) >= 11 is 0. The lowest BCUT2D eigenvalue weighted by Crippen LogP contribution is -2.37. The van der Waals surface area contributed by atoms with Crippen molar-refractivity contribution in [2.75, 3.05) is 6.54 Å². The average molecular weight is 241 g/mol. The third-order valence-electron chi connectivity index (χ3n) is 3.99. The zero-order valence-corrected chi connectivity index (χ0v) is 12.2. The first kappa shape index (κ1) is 15.0. The Labute approximate surface area is 108 Å². The lowest BCUT2D eigenvalue weighted by Gasteiger charge is -2.30. The van der Waals surface area contributed by atoms with Crippen LogP contribution in [-0.2, 0) is 4.74 Å². The highest BCUT2D eigenvalue weighted by atomic mass is 16.5. The molecule has 0 spiro atoms. The molecule has 0 aliphatic heterocycles. The molecule has 1 fully saturated rings. The van der Waals surface area contributed by atoms with Gasteiger partial charge in [-0.3, -0.25) is 0 Å². The van der Waals surface area contributed by atoms with Crippen molar-refractivity contribution < 1.29 is 4.74 Å². The molecule has 0 aromatic heterocycles. The summed E-state index contributed by atoms with van der Waals surface area (Å²) in [6.45, 7) is 10.0. The Hall–Kier alpha value is -0.0800. The standard InChI is InChI=1S/C15H31NO/c1-5-14(6-2)16-11-13(4)17-15-9-7-8-12(3)10-15/h12-16H,5-11H2,1-4H3. The van der Waals surface area contributed by atoms with Gasteiger partial charge in [0.25, 0.3) is 0 Å². The Morgan fingerprint density at radius 3 is 2.53 bits per heavy atom. The molecule has 0 aromatic rings. The number of nitrogens with one attached hydrogen (secondary N) is 1. The van der Waals surface area contributed by atoms with E-state index in [-0.39, 0.29) is 0 Å². The zero-order valence-electron chi connectivity index (χ0n) is 12.2. The van der Waals surface area contributed by atoms with Crippen molar-refractivity contribution in [1.29, 1.82) is 0 Å². The maximum Gasteiger partial charge on any atom is 0.0675 e. The molecule has 102 valence electrons. The molecule has 0 aromatic carbocycles. The van der Waals surface area contributed by atoms with Crippen LogP contribution in [0.3, 0.4) is 0 Å². The second-order valence-electron chi connectivity index (χ2n) is 5.76. The van der Waals surface area contributed by atoms with Gasteiger partial charge in [-0.15, -0.1) is 0 Å². The quantitative estimate of drug-likeness (QED) is 0.733. The molecule has 2 nitrogen and oxygen atoms in total. The fourth-order valence-corrected chi connectivity index (χ4v) is 2.79. The van der Waals surface area contributed by atoms with E-state index in [1.165, 1.54) is 38.5 Å². The molecule has 0 radical (unpaired) electrons. The Morgan fingerprint density at radius 2 is 1.94 bits per heavy atom. The largest absolute Gasteiger partial charge is 0.374 e. The Bertz CT molecular complexity index is 191. The predicted molar refractivity (Wildman–Crippen MR) is 74.3 cm³/mol. The molecule has 1 aliphatic carbocycles. The molecule has 2 heteroatoms. The second-order valence-corrected chi connectivity index (χ2v) is 5.76. The van der Waals surface area contributed by atoms with Gasteiger partial charge < -0.3 is 10.1 Å². The first-order valence-corrected chi connectivity index (χ1v) is 7.54. The van der Waals surface area contributed by atoms with E-state index in [1.54, 1.807) is 0 Å². The van der Waals surface area contributed by atoms with Crippen LogP contribution in [0.2, 0.25) is 0 Å². The van der Waals surface area contributed by atoms with Gasteiger partial charge in [-0.05, 0) is 38.5 Å². The molecule has 3 unspecified atom stereocenters. The minimum absolute atomic E-state index is 0.353. The van der Waals surface area contributed by atoms with Crippen molar-refractivity contribution in [2.24, 2.45) is 5.92 Å². The van der Waals surface area contributed by atoms with Gasteiger partial charge >= 0.3 is 0 Å². The van der Waals surface area contributed by atoms with Crippen molar-refractivity contribution in [3.8, 4) is 0 Å². The normalized spacial score (nSPS) is 27.4. The monoisotopic (exact) mass is 241 g/mol. The lowest BCUT2D eigenvalue weighted by molar-refractivity contribution is -0.0302. The van der Waals surface area contributed by atoms with E-state index in [0.29, 0.717) is 18.2 Å². The van der Waals surface area contributed by atoms with Crippen LogP contribution < -0.4 is 5.32 Å². The van der Waals surface area contributed by atoms with E-state index in [4.69, 9.17) is 4.74 Å². The lowest BCUT2D eigenvalue weighted by atomic mass is 9.88. The first-order chi connectivity index (χ1) is 8.15. The molecule has 3 atom stereocenters. The summed E-state index contributed by atoms with van der Waals surface area (Å²) in [4.78, 5) is 0. The molecule has 1 rings (SSSR count). The van der Waals surface area contributed by atoms with E-state index >= 15 is 0 Å². The van der Waals surface area contributed by atoms with Crippen molar-refractivity contribution >= 4 is 0 Å². The highest BCUT2D eigenvalue weighted by Gasteiger charge is 2.21. The van der Waals surface area contributed by atoms with Crippen LogP contribution in [0.5, 0.6) is 0 Å². The van der Waals surface area contributed by atoms with Gasteiger partial charge in [0.2, 0.25) is 0 Å². The second kappa shape index (κ2) is 8.10. The van der Waals surface area contributed by atoms with Crippen molar-refractivity contribution in [2.45, 2.75) is 84.5 Å². The van der Waals surface area contributed by atoms with Gasteiger partial charge in [0.1, 0.15) is 0 Å². The summed E-state index contributed by atoms with van der Waals surface area (Å²) in [6, 6.07) is 0.659. The van der Waals surface area contributed by atoms with E-state index in [1.807, 2.05) is 0 Å². The van der Waals surface area contributed by atoms with E-state index in [2.05, 4.69) is 33.0 Å². The number of hydrogen-bond donors (Lipinski definition) is 1. The molecule has 1 N–H and O–H groups in total. The minimum atomic E-state index is 0.353. The van der Waals surface area contributed by atoms with E-state index in [0.717, 1.165) is 12.5 Å². The third-order valence-corrected chi connectivity index (χ3v) is 3.99. The molecular weight excluding hydrogens is 210 g/mol. The summed E-state index contributed by atoms with van der Waals surface area (Å²) in [5, 5.41) is 3.59. The van der Waals surface area contributed by atoms with E-state index < -0.39 is 0 Å². The Morgan fingerprint density at radius 1 is 1.24 bits per heavy atom. The van der Waals surface area contributed by atoms with Crippen LogP contribution in [0.1, 0.15) is 66.2 Å². The molecule has 0 heterocycles. The van der Waals surface area contributed by atoms with Crippen LogP contribution in [0.25, 0.3) is 0 Å². The van der Waals surface area contributed by atoms with Crippen LogP contribution in [0, 0.1) is 5.92 Å². The SMILES string of the molecule is CCC(CC)NCC(C)OC1CCCC(C)C1. The molecule has 0 amide bonds. The molecule has 1 saturated carbocycles. The van der Waals surface area contributed by atoms with Gasteiger partial charge in [0.05, 0.1) is 12.2 Å². The fraction of sp³-hybridized carbons (Fsp3) is 1.00. The van der Waals surface area contributed by atoms with Gasteiger partial charge in [-0.25, -0.2) is 0 Å². The number of rotatable bonds is 7. The Balaban J connectivity index is 2.17. The van der Waals surface area contributed by atoms with Crippen LogP contribution in [-0.4, -0.2) is 24.8 Å². The number of ether oxygens (including phenoxy) is 1. The van der Waals surface area contributed by atoms with Crippen LogP contribution in [0.4, 0.5) is 0 Å². The first-order valence-electron chi connectivity index (χ1n) is 7.54.